The monoisotopic (exact) mass is 283 g/mol. The molecule has 0 atom stereocenters. The van der Waals surface area contributed by atoms with E-state index in [1.807, 2.05) is 6.92 Å². The highest BCUT2D eigenvalue weighted by atomic mass is 35.5. The predicted molar refractivity (Wildman–Crippen MR) is 74.3 cm³/mol. The fraction of sp³-hybridized carbons (Fsp3) is 0.231. The topological polar surface area (TPSA) is 61.6 Å². The molecule has 0 aliphatic heterocycles. The van der Waals surface area contributed by atoms with Gasteiger partial charge in [0.2, 0.25) is 6.20 Å². The zero-order valence-corrected chi connectivity index (χ0v) is 11.2. The second-order valence-corrected chi connectivity index (χ2v) is 3.87. The second kappa shape index (κ2) is 7.43. The Hall–Kier alpha value is -2.01. The van der Waals surface area contributed by atoms with Crippen LogP contribution in [-0.2, 0) is 0 Å². The number of ether oxygens (including phenoxy) is 2. The van der Waals surface area contributed by atoms with Crippen molar-refractivity contribution in [3.05, 3.63) is 51.7 Å². The number of nitrogens with zero attached hydrogens (tertiary/aromatic N) is 1. The molecule has 102 valence electrons. The Morgan fingerprint density at radius 1 is 1.47 bits per heavy atom. The minimum atomic E-state index is -0.545. The Bertz CT molecular complexity index is 500. The molecule has 0 amide bonds. The fourth-order valence-corrected chi connectivity index (χ4v) is 1.65. The van der Waals surface area contributed by atoms with E-state index in [0.717, 1.165) is 6.20 Å². The van der Waals surface area contributed by atoms with Gasteiger partial charge in [0.1, 0.15) is 6.61 Å². The molecule has 0 saturated heterocycles. The molecule has 0 spiro atoms. The van der Waals surface area contributed by atoms with Crippen LogP contribution < -0.4 is 9.47 Å². The van der Waals surface area contributed by atoms with Crippen LogP contribution in [0.5, 0.6) is 11.5 Å². The van der Waals surface area contributed by atoms with Crippen molar-refractivity contribution in [2.45, 2.75) is 6.92 Å². The van der Waals surface area contributed by atoms with Crippen molar-refractivity contribution in [3.8, 4) is 11.5 Å². The normalized spacial score (nSPS) is 10.4. The van der Waals surface area contributed by atoms with Gasteiger partial charge in [-0.05, 0) is 24.6 Å². The number of hydrogen-bond acceptors (Lipinski definition) is 4. The fourth-order valence-electron chi connectivity index (χ4n) is 1.38. The lowest BCUT2D eigenvalue weighted by Crippen LogP contribution is -2.00. The van der Waals surface area contributed by atoms with Gasteiger partial charge in [-0.25, -0.2) is 0 Å². The van der Waals surface area contributed by atoms with E-state index in [-0.39, 0.29) is 0 Å². The SMILES string of the molecule is C=CCOc1c(Cl)cc(/C=C/[N+](=O)[O-])cc1OCC. The Labute approximate surface area is 116 Å². The van der Waals surface area contributed by atoms with Crippen LogP contribution >= 0.6 is 11.6 Å². The van der Waals surface area contributed by atoms with E-state index in [1.165, 1.54) is 6.08 Å². The molecule has 0 unspecified atom stereocenters. The highest BCUT2D eigenvalue weighted by molar-refractivity contribution is 6.32. The summed E-state index contributed by atoms with van der Waals surface area (Å²) in [6.45, 7) is 6.11. The van der Waals surface area contributed by atoms with E-state index in [4.69, 9.17) is 21.1 Å². The summed E-state index contributed by atoms with van der Waals surface area (Å²) in [5, 5.41) is 10.6. The van der Waals surface area contributed by atoms with Crippen LogP contribution in [0, 0.1) is 10.1 Å². The Morgan fingerprint density at radius 3 is 2.79 bits per heavy atom. The first-order valence-corrected chi connectivity index (χ1v) is 5.98. The van der Waals surface area contributed by atoms with Crippen LogP contribution in [0.2, 0.25) is 5.02 Å². The maximum atomic E-state index is 10.3. The molecule has 1 aromatic carbocycles. The minimum absolute atomic E-state index is 0.296. The standard InChI is InChI=1S/C13H14ClNO4/c1-3-7-19-13-11(14)8-10(5-6-15(16)17)9-12(13)18-4-2/h3,5-6,8-9H,1,4,7H2,2H3/b6-5+. The third-order valence-electron chi connectivity index (χ3n) is 2.07. The van der Waals surface area contributed by atoms with Crippen molar-refractivity contribution in [2.24, 2.45) is 0 Å². The van der Waals surface area contributed by atoms with E-state index >= 15 is 0 Å². The zero-order chi connectivity index (χ0) is 14.3. The number of halogens is 1. The maximum absolute atomic E-state index is 10.3. The Balaban J connectivity index is 3.12. The highest BCUT2D eigenvalue weighted by Crippen LogP contribution is 2.37. The van der Waals surface area contributed by atoms with Gasteiger partial charge in [0.05, 0.1) is 16.6 Å². The highest BCUT2D eigenvalue weighted by Gasteiger charge is 2.11. The summed E-state index contributed by atoms with van der Waals surface area (Å²) in [7, 11) is 0. The number of nitro groups is 1. The molecule has 5 nitrogen and oxygen atoms in total. The molecule has 6 heteroatoms. The van der Waals surface area contributed by atoms with Gasteiger partial charge in [-0.15, -0.1) is 0 Å². The van der Waals surface area contributed by atoms with Crippen molar-refractivity contribution in [1.82, 2.24) is 0 Å². The van der Waals surface area contributed by atoms with Crippen molar-refractivity contribution < 1.29 is 14.4 Å². The van der Waals surface area contributed by atoms with Gasteiger partial charge in [-0.3, -0.25) is 10.1 Å². The number of rotatable bonds is 7. The summed E-state index contributed by atoms with van der Waals surface area (Å²) in [6, 6.07) is 3.20. The largest absolute Gasteiger partial charge is 0.490 e. The molecule has 0 N–H and O–H groups in total. The first-order chi connectivity index (χ1) is 9.08. The minimum Gasteiger partial charge on any atom is -0.490 e. The maximum Gasteiger partial charge on any atom is 0.235 e. The molecule has 19 heavy (non-hydrogen) atoms. The molecule has 0 aromatic heterocycles. The predicted octanol–water partition coefficient (Wildman–Crippen LogP) is 3.55. The van der Waals surface area contributed by atoms with E-state index in [2.05, 4.69) is 6.58 Å². The second-order valence-electron chi connectivity index (χ2n) is 3.46. The smallest absolute Gasteiger partial charge is 0.235 e. The third kappa shape index (κ3) is 4.63. The molecule has 1 rings (SSSR count). The lowest BCUT2D eigenvalue weighted by atomic mass is 10.2. The van der Waals surface area contributed by atoms with E-state index in [0.29, 0.717) is 35.3 Å². The summed E-state index contributed by atoms with van der Waals surface area (Å²) in [5.41, 5.74) is 0.566. The quantitative estimate of drug-likeness (QED) is 0.436. The van der Waals surface area contributed by atoms with Crippen molar-refractivity contribution in [2.75, 3.05) is 13.2 Å². The first kappa shape index (κ1) is 15.0. The summed E-state index contributed by atoms with van der Waals surface area (Å²) in [4.78, 5) is 9.75. The Morgan fingerprint density at radius 2 is 2.21 bits per heavy atom. The molecule has 0 aliphatic rings. The lowest BCUT2D eigenvalue weighted by molar-refractivity contribution is -0.400. The summed E-state index contributed by atoms with van der Waals surface area (Å²) in [5.74, 6) is 0.849. The lowest BCUT2D eigenvalue weighted by Gasteiger charge is -2.13. The molecule has 0 fully saturated rings. The van der Waals surface area contributed by atoms with Gasteiger partial charge < -0.3 is 9.47 Å². The van der Waals surface area contributed by atoms with Crippen molar-refractivity contribution in [3.63, 3.8) is 0 Å². The van der Waals surface area contributed by atoms with Crippen molar-refractivity contribution >= 4 is 17.7 Å². The van der Waals surface area contributed by atoms with Crippen LogP contribution in [0.4, 0.5) is 0 Å². The molecule has 0 saturated carbocycles. The number of benzene rings is 1. The van der Waals surface area contributed by atoms with Gasteiger partial charge in [0.25, 0.3) is 0 Å². The average Bonchev–Trinajstić information content (AvgIpc) is 2.36. The molecular weight excluding hydrogens is 270 g/mol. The van der Waals surface area contributed by atoms with E-state index in [9.17, 15) is 10.1 Å². The summed E-state index contributed by atoms with van der Waals surface area (Å²) < 4.78 is 10.8. The molecule has 0 heterocycles. The van der Waals surface area contributed by atoms with Gasteiger partial charge >= 0.3 is 0 Å². The number of hydrogen-bond donors (Lipinski definition) is 0. The Kier molecular flexibility index (Phi) is 5.89. The van der Waals surface area contributed by atoms with Crippen LogP contribution in [0.25, 0.3) is 6.08 Å². The molecular formula is C13H14ClNO4. The van der Waals surface area contributed by atoms with Crippen LogP contribution in [0.15, 0.2) is 31.0 Å². The third-order valence-corrected chi connectivity index (χ3v) is 2.35. The first-order valence-electron chi connectivity index (χ1n) is 5.60. The summed E-state index contributed by atoms with van der Waals surface area (Å²) >= 11 is 6.08. The molecule has 0 radical (unpaired) electrons. The van der Waals surface area contributed by atoms with Gasteiger partial charge in [0.15, 0.2) is 11.5 Å². The van der Waals surface area contributed by atoms with Crippen LogP contribution in [0.1, 0.15) is 12.5 Å². The molecule has 1 aromatic rings. The van der Waals surface area contributed by atoms with Crippen molar-refractivity contribution in [1.29, 1.82) is 0 Å². The van der Waals surface area contributed by atoms with Crippen LogP contribution in [0.3, 0.4) is 0 Å². The average molecular weight is 284 g/mol. The van der Waals surface area contributed by atoms with Gasteiger partial charge in [-0.2, -0.15) is 0 Å². The van der Waals surface area contributed by atoms with Crippen LogP contribution in [-0.4, -0.2) is 18.1 Å². The van der Waals surface area contributed by atoms with Gasteiger partial charge in [0, 0.05) is 6.08 Å². The van der Waals surface area contributed by atoms with E-state index in [1.54, 1.807) is 18.2 Å². The van der Waals surface area contributed by atoms with E-state index < -0.39 is 4.92 Å². The van der Waals surface area contributed by atoms with Gasteiger partial charge in [-0.1, -0.05) is 24.3 Å². The zero-order valence-electron chi connectivity index (χ0n) is 10.5. The molecule has 0 aliphatic carbocycles. The molecule has 0 bridgehead atoms. The summed E-state index contributed by atoms with van der Waals surface area (Å²) in [6.07, 6.45) is 3.77.